The van der Waals surface area contributed by atoms with Crippen molar-refractivity contribution in [3.8, 4) is 0 Å². The second kappa shape index (κ2) is 9.57. The minimum absolute atomic E-state index is 0.0689. The Bertz CT molecular complexity index is 880. The Morgan fingerprint density at radius 3 is 2.73 bits per heavy atom. The summed E-state index contributed by atoms with van der Waals surface area (Å²) in [6.45, 7) is 3.54. The topological polar surface area (TPSA) is 77.6 Å². The van der Waals surface area contributed by atoms with Crippen molar-refractivity contribution in [2.75, 3.05) is 43.4 Å². The number of thiazole rings is 1. The molecule has 0 radical (unpaired) electrons. The van der Waals surface area contributed by atoms with Crippen LogP contribution in [-0.2, 0) is 16.0 Å². The first-order chi connectivity index (χ1) is 14.6. The van der Waals surface area contributed by atoms with Gasteiger partial charge < -0.3 is 10.2 Å². The third kappa shape index (κ3) is 4.82. The number of fused-ring (bicyclic) bond motifs is 1. The number of benzene rings is 1. The van der Waals surface area contributed by atoms with Gasteiger partial charge in [-0.25, -0.2) is 4.98 Å². The van der Waals surface area contributed by atoms with Crippen LogP contribution in [0.15, 0.2) is 29.8 Å². The number of carbonyl (C=O) groups excluding carboxylic acids is 2. The molecule has 0 aliphatic carbocycles. The summed E-state index contributed by atoms with van der Waals surface area (Å²) in [5.74, 6) is -1.29. The van der Waals surface area contributed by atoms with Gasteiger partial charge in [-0.2, -0.15) is 0 Å². The molecule has 1 atom stereocenters. The molecular weight excluding hydrogens is 398 g/mol. The molecule has 2 amide bonds. The predicted molar refractivity (Wildman–Crippen MR) is 120 cm³/mol. The van der Waals surface area contributed by atoms with Crippen LogP contribution in [0, 0.1) is 0 Å². The molecule has 1 fully saturated rings. The Morgan fingerprint density at radius 2 is 1.97 bits per heavy atom. The third-order valence-electron chi connectivity index (χ3n) is 5.99. The SMILES string of the molecule is CN1CCCc2cc([C@@H](CNC(=O)C(=O)Nc3nccs3)N3CCCCC3)ccc21. The minimum Gasteiger partial charge on any atom is -0.374 e. The van der Waals surface area contributed by atoms with Gasteiger partial charge in [0.2, 0.25) is 0 Å². The van der Waals surface area contributed by atoms with E-state index in [2.05, 4.69) is 50.7 Å². The molecule has 0 bridgehead atoms. The van der Waals surface area contributed by atoms with Crippen LogP contribution in [0.2, 0.25) is 0 Å². The van der Waals surface area contributed by atoms with Gasteiger partial charge in [0.15, 0.2) is 5.13 Å². The smallest absolute Gasteiger partial charge is 0.315 e. The Hall–Kier alpha value is -2.45. The van der Waals surface area contributed by atoms with Gasteiger partial charge in [-0.3, -0.25) is 19.8 Å². The molecule has 30 heavy (non-hydrogen) atoms. The molecule has 1 aromatic heterocycles. The molecular formula is C22H29N5O2S. The molecule has 8 heteroatoms. The first kappa shape index (κ1) is 20.8. The van der Waals surface area contributed by atoms with Crippen LogP contribution in [0.1, 0.15) is 42.9 Å². The quantitative estimate of drug-likeness (QED) is 0.718. The monoisotopic (exact) mass is 427 g/mol. The van der Waals surface area contributed by atoms with Crippen molar-refractivity contribution in [3.05, 3.63) is 40.9 Å². The van der Waals surface area contributed by atoms with Crippen LogP contribution in [0.3, 0.4) is 0 Å². The maximum atomic E-state index is 12.4. The van der Waals surface area contributed by atoms with Crippen LogP contribution < -0.4 is 15.5 Å². The highest BCUT2D eigenvalue weighted by molar-refractivity contribution is 7.13. The standard InChI is InChI=1S/C22H29N5O2S/c1-26-10-5-6-16-14-17(7-8-18(16)26)19(27-11-3-2-4-12-27)15-24-20(28)21(29)25-22-23-9-13-30-22/h7-9,13-14,19H,2-6,10-12,15H2,1H3,(H,24,28)(H,23,25,29)/t19-/m1/s1. The van der Waals surface area contributed by atoms with Crippen LogP contribution >= 0.6 is 11.3 Å². The molecule has 2 aromatic rings. The molecule has 1 saturated heterocycles. The number of likely N-dealkylation sites (tertiary alicyclic amines) is 1. The van der Waals surface area contributed by atoms with Crippen LogP contribution in [0.25, 0.3) is 0 Å². The molecule has 0 spiro atoms. The van der Waals surface area contributed by atoms with E-state index in [9.17, 15) is 9.59 Å². The van der Waals surface area contributed by atoms with Crippen molar-refractivity contribution in [2.24, 2.45) is 0 Å². The number of rotatable bonds is 5. The number of aryl methyl sites for hydroxylation is 1. The van der Waals surface area contributed by atoms with E-state index in [0.29, 0.717) is 11.7 Å². The van der Waals surface area contributed by atoms with Crippen molar-refractivity contribution in [1.82, 2.24) is 15.2 Å². The second-order valence-corrected chi connectivity index (χ2v) is 8.92. The molecule has 7 nitrogen and oxygen atoms in total. The van der Waals surface area contributed by atoms with Crippen LogP contribution in [0.5, 0.6) is 0 Å². The van der Waals surface area contributed by atoms with E-state index in [-0.39, 0.29) is 6.04 Å². The number of hydrogen-bond donors (Lipinski definition) is 2. The fourth-order valence-corrected chi connectivity index (χ4v) is 4.93. The highest BCUT2D eigenvalue weighted by atomic mass is 32.1. The number of hydrogen-bond acceptors (Lipinski definition) is 6. The largest absolute Gasteiger partial charge is 0.374 e. The van der Waals surface area contributed by atoms with Gasteiger partial charge in [0.25, 0.3) is 0 Å². The van der Waals surface area contributed by atoms with E-state index in [0.717, 1.165) is 32.5 Å². The van der Waals surface area contributed by atoms with Crippen LogP contribution in [-0.4, -0.2) is 54.9 Å². The summed E-state index contributed by atoms with van der Waals surface area (Å²) in [5, 5.41) is 7.59. The first-order valence-corrected chi connectivity index (χ1v) is 11.6. The maximum absolute atomic E-state index is 12.4. The Morgan fingerprint density at radius 1 is 1.13 bits per heavy atom. The zero-order valence-electron chi connectivity index (χ0n) is 17.4. The van der Waals surface area contributed by atoms with E-state index in [4.69, 9.17) is 0 Å². The number of anilines is 2. The van der Waals surface area contributed by atoms with Gasteiger partial charge in [-0.15, -0.1) is 11.3 Å². The highest BCUT2D eigenvalue weighted by Gasteiger charge is 2.26. The summed E-state index contributed by atoms with van der Waals surface area (Å²) in [6, 6.07) is 6.75. The van der Waals surface area contributed by atoms with Gasteiger partial charge in [-0.1, -0.05) is 18.6 Å². The zero-order chi connectivity index (χ0) is 20.9. The van der Waals surface area contributed by atoms with Gasteiger partial charge in [0.05, 0.1) is 6.04 Å². The molecule has 2 aliphatic rings. The van der Waals surface area contributed by atoms with Crippen molar-refractivity contribution in [2.45, 2.75) is 38.1 Å². The molecule has 4 rings (SSSR count). The number of nitrogens with one attached hydrogen (secondary N) is 2. The number of aromatic nitrogens is 1. The van der Waals surface area contributed by atoms with Gasteiger partial charge in [0, 0.05) is 37.4 Å². The molecule has 2 N–H and O–H groups in total. The minimum atomic E-state index is -0.672. The fraction of sp³-hybridized carbons (Fsp3) is 0.500. The highest BCUT2D eigenvalue weighted by Crippen LogP contribution is 2.31. The van der Waals surface area contributed by atoms with Crippen molar-refractivity contribution in [3.63, 3.8) is 0 Å². The number of piperidine rings is 1. The summed E-state index contributed by atoms with van der Waals surface area (Å²) in [5.41, 5.74) is 3.89. The lowest BCUT2D eigenvalue weighted by atomic mass is 9.95. The number of amides is 2. The first-order valence-electron chi connectivity index (χ1n) is 10.7. The summed E-state index contributed by atoms with van der Waals surface area (Å²) < 4.78 is 0. The van der Waals surface area contributed by atoms with Crippen molar-refractivity contribution >= 4 is 34.0 Å². The Kier molecular flexibility index (Phi) is 6.64. The lowest BCUT2D eigenvalue weighted by Crippen LogP contribution is -2.43. The lowest BCUT2D eigenvalue weighted by molar-refractivity contribution is -0.136. The molecule has 0 unspecified atom stereocenters. The fourth-order valence-electron chi connectivity index (χ4n) is 4.41. The van der Waals surface area contributed by atoms with Gasteiger partial charge >= 0.3 is 11.8 Å². The normalized spacial score (nSPS) is 17.8. The van der Waals surface area contributed by atoms with E-state index in [1.54, 1.807) is 11.6 Å². The molecule has 2 aliphatic heterocycles. The van der Waals surface area contributed by atoms with E-state index < -0.39 is 11.8 Å². The van der Waals surface area contributed by atoms with Crippen molar-refractivity contribution < 1.29 is 9.59 Å². The average molecular weight is 428 g/mol. The van der Waals surface area contributed by atoms with E-state index in [1.165, 1.54) is 47.4 Å². The summed E-state index contributed by atoms with van der Waals surface area (Å²) in [6.07, 6.45) is 7.43. The molecule has 1 aromatic carbocycles. The van der Waals surface area contributed by atoms with Gasteiger partial charge in [-0.05, 0) is 56.0 Å². The van der Waals surface area contributed by atoms with Crippen molar-refractivity contribution in [1.29, 1.82) is 0 Å². The Labute approximate surface area is 181 Å². The summed E-state index contributed by atoms with van der Waals surface area (Å²) in [7, 11) is 2.14. The maximum Gasteiger partial charge on any atom is 0.315 e. The Balaban J connectivity index is 1.47. The van der Waals surface area contributed by atoms with E-state index in [1.807, 2.05) is 0 Å². The number of nitrogens with zero attached hydrogens (tertiary/aromatic N) is 3. The molecule has 160 valence electrons. The summed E-state index contributed by atoms with van der Waals surface area (Å²) in [4.78, 5) is 33.3. The predicted octanol–water partition coefficient (Wildman–Crippen LogP) is 2.81. The number of carbonyl (C=O) groups is 2. The lowest BCUT2D eigenvalue weighted by Gasteiger charge is -2.36. The second-order valence-electron chi connectivity index (χ2n) is 8.03. The molecule has 0 saturated carbocycles. The van der Waals surface area contributed by atoms with Gasteiger partial charge in [0.1, 0.15) is 0 Å². The third-order valence-corrected chi connectivity index (χ3v) is 6.67. The zero-order valence-corrected chi connectivity index (χ0v) is 18.2. The van der Waals surface area contributed by atoms with E-state index >= 15 is 0 Å². The average Bonchev–Trinajstić information content (AvgIpc) is 3.27. The molecule has 3 heterocycles. The van der Waals surface area contributed by atoms with Crippen LogP contribution in [0.4, 0.5) is 10.8 Å². The summed E-state index contributed by atoms with van der Waals surface area (Å²) >= 11 is 1.29.